The number of nitrogens with zero attached hydrogens (tertiary/aromatic N) is 7. The van der Waals surface area contributed by atoms with Gasteiger partial charge in [0.15, 0.2) is 35.0 Å². The van der Waals surface area contributed by atoms with Crippen molar-refractivity contribution >= 4 is 50.2 Å². The molecule has 3 unspecified atom stereocenters. The van der Waals surface area contributed by atoms with Gasteiger partial charge in [-0.25, -0.2) is 28.9 Å². The fourth-order valence-electron chi connectivity index (χ4n) is 6.75. The number of hydrogen-bond acceptors (Lipinski definition) is 16. The van der Waals surface area contributed by atoms with Gasteiger partial charge in [0.25, 0.3) is 5.56 Å². The van der Waals surface area contributed by atoms with Crippen LogP contribution in [0.2, 0.25) is 0 Å². The monoisotopic (exact) mass is 670 g/mol. The third-order valence-electron chi connectivity index (χ3n) is 8.85. The second-order valence-corrected chi connectivity index (χ2v) is 13.7. The Bertz CT molecular complexity index is 1980. The van der Waals surface area contributed by atoms with Crippen LogP contribution in [0, 0.1) is 11.3 Å². The molecule has 4 aromatic heterocycles. The van der Waals surface area contributed by atoms with Crippen molar-refractivity contribution < 1.29 is 46.4 Å². The number of fused-ring (bicyclic) bond motifs is 4. The predicted molar refractivity (Wildman–Crippen MR) is 147 cm³/mol. The Kier molecular flexibility index (Phi) is 6.49. The summed E-state index contributed by atoms with van der Waals surface area (Å²) in [5.74, 6) is -0.550. The molecule has 2 saturated carbocycles. The van der Waals surface area contributed by atoms with Gasteiger partial charge in [-0.3, -0.25) is 28.0 Å². The Morgan fingerprint density at radius 3 is 2.76 bits per heavy atom. The fraction of sp³-hybridized carbons (Fsp3) is 0.545. The maximum atomic E-state index is 15.8. The minimum absolute atomic E-state index is 0.108. The topological polar surface area (TPSA) is 280 Å². The van der Waals surface area contributed by atoms with Gasteiger partial charge in [0, 0.05) is 5.41 Å². The van der Waals surface area contributed by atoms with Crippen LogP contribution in [0.3, 0.4) is 0 Å². The summed E-state index contributed by atoms with van der Waals surface area (Å²) < 4.78 is 72.6. The first-order valence-electron chi connectivity index (χ1n) is 13.6. The highest BCUT2D eigenvalue weighted by Crippen LogP contribution is 2.71. The van der Waals surface area contributed by atoms with Gasteiger partial charge in [-0.05, 0) is 12.3 Å². The average molecular weight is 670 g/mol. The molecule has 23 heteroatoms. The molecule has 2 aliphatic carbocycles. The number of imidazole rings is 2. The SMILES string of the molecule is Nc1nc2c(ncn2[C@@H]2O[C@@H]3CO[PH](=O)O[C@H]4[C@@H](O)[C@H](n5cnc6c(N)ncnc65)[C@H]5CC54COP(=O)(O)O[C@@H]2[C@@H]3F)c(=O)[nH]1. The van der Waals surface area contributed by atoms with Crippen LogP contribution >= 0.6 is 16.1 Å². The molecular weight excluding hydrogens is 645 g/mol. The summed E-state index contributed by atoms with van der Waals surface area (Å²) in [4.78, 5) is 45.8. The van der Waals surface area contributed by atoms with Crippen molar-refractivity contribution in [2.45, 2.75) is 49.3 Å². The van der Waals surface area contributed by atoms with E-state index in [0.29, 0.717) is 17.6 Å². The minimum Gasteiger partial charge on any atom is -0.388 e. The first kappa shape index (κ1) is 29.0. The van der Waals surface area contributed by atoms with Crippen LogP contribution in [0.15, 0.2) is 23.8 Å². The van der Waals surface area contributed by atoms with Crippen LogP contribution in [-0.4, -0.2) is 92.8 Å². The number of halogens is 1. The smallest absolute Gasteiger partial charge is 0.388 e. The van der Waals surface area contributed by atoms with E-state index in [0.717, 1.165) is 10.9 Å². The third-order valence-corrected chi connectivity index (χ3v) is 10.7. The number of aromatic nitrogens is 8. The van der Waals surface area contributed by atoms with Gasteiger partial charge in [0.2, 0.25) is 5.95 Å². The molecule has 0 radical (unpaired) electrons. The lowest BCUT2D eigenvalue weighted by Gasteiger charge is -2.29. The molecule has 0 aromatic carbocycles. The highest BCUT2D eigenvalue weighted by atomic mass is 31.2. The van der Waals surface area contributed by atoms with E-state index in [-0.39, 0.29) is 22.9 Å². The van der Waals surface area contributed by atoms with E-state index in [1.807, 2.05) is 0 Å². The van der Waals surface area contributed by atoms with Crippen molar-refractivity contribution in [3.05, 3.63) is 29.3 Å². The highest BCUT2D eigenvalue weighted by molar-refractivity contribution is 7.47. The van der Waals surface area contributed by atoms with E-state index in [4.69, 9.17) is 34.3 Å². The number of aromatic amines is 1. The van der Waals surface area contributed by atoms with Crippen molar-refractivity contribution in [3.63, 3.8) is 0 Å². The zero-order valence-corrected chi connectivity index (χ0v) is 24.6. The van der Waals surface area contributed by atoms with E-state index >= 15 is 4.39 Å². The van der Waals surface area contributed by atoms with Crippen LogP contribution in [0.4, 0.5) is 16.2 Å². The number of aliphatic hydroxyl groups excluding tert-OH is 1. The first-order valence-corrected chi connectivity index (χ1v) is 16.3. The lowest BCUT2D eigenvalue weighted by Crippen LogP contribution is -2.37. The van der Waals surface area contributed by atoms with Crippen LogP contribution in [0.1, 0.15) is 18.7 Å². The number of nitrogens with two attached hydrogens (primary N) is 2. The summed E-state index contributed by atoms with van der Waals surface area (Å²) in [5, 5.41) is 11.4. The molecule has 4 aliphatic rings. The molecule has 20 nitrogen and oxygen atoms in total. The van der Waals surface area contributed by atoms with E-state index in [1.54, 1.807) is 4.57 Å². The molecule has 2 saturated heterocycles. The second kappa shape index (κ2) is 10.1. The summed E-state index contributed by atoms with van der Waals surface area (Å²) in [6.07, 6.45) is -5.29. The average Bonchev–Trinajstić information content (AvgIpc) is 3.26. The normalized spacial score (nSPS) is 40.0. The van der Waals surface area contributed by atoms with Gasteiger partial charge in [0.1, 0.15) is 36.3 Å². The van der Waals surface area contributed by atoms with Gasteiger partial charge < -0.3 is 39.8 Å². The summed E-state index contributed by atoms with van der Waals surface area (Å²) in [5.41, 5.74) is 10.2. The fourth-order valence-corrected chi connectivity index (χ4v) is 8.69. The number of alkyl halides is 1. The van der Waals surface area contributed by atoms with Crippen LogP contribution < -0.4 is 17.0 Å². The maximum absolute atomic E-state index is 15.8. The molecule has 1 spiro atoms. The molecule has 240 valence electrons. The molecule has 2 aliphatic heterocycles. The van der Waals surface area contributed by atoms with Gasteiger partial charge in [-0.15, -0.1) is 0 Å². The number of H-pyrrole nitrogens is 1. The largest absolute Gasteiger partial charge is 0.472 e. The van der Waals surface area contributed by atoms with Crippen LogP contribution in [0.25, 0.3) is 22.3 Å². The van der Waals surface area contributed by atoms with Gasteiger partial charge >= 0.3 is 16.1 Å². The summed E-state index contributed by atoms with van der Waals surface area (Å²) in [6, 6.07) is -0.726. The Morgan fingerprint density at radius 2 is 1.93 bits per heavy atom. The van der Waals surface area contributed by atoms with Crippen molar-refractivity contribution in [1.29, 1.82) is 0 Å². The van der Waals surface area contributed by atoms with E-state index in [1.165, 1.54) is 12.7 Å². The Hall–Kier alpha value is -3.39. The quantitative estimate of drug-likeness (QED) is 0.169. The molecule has 8 rings (SSSR count). The number of anilines is 2. The number of aliphatic hydroxyl groups is 1. The van der Waals surface area contributed by atoms with Crippen molar-refractivity contribution in [2.75, 3.05) is 24.7 Å². The minimum atomic E-state index is -5.05. The van der Waals surface area contributed by atoms with Crippen molar-refractivity contribution in [2.24, 2.45) is 11.3 Å². The molecule has 45 heavy (non-hydrogen) atoms. The summed E-state index contributed by atoms with van der Waals surface area (Å²) in [7, 11) is -8.46. The number of phosphoric acid groups is 1. The molecule has 4 fully saturated rings. The molecule has 2 bridgehead atoms. The van der Waals surface area contributed by atoms with Crippen LogP contribution in [0.5, 0.6) is 0 Å². The van der Waals surface area contributed by atoms with E-state index < -0.39 is 89.0 Å². The molecular formula is C22H25FN10O10P2. The van der Waals surface area contributed by atoms with Gasteiger partial charge in [-0.2, -0.15) is 4.98 Å². The van der Waals surface area contributed by atoms with E-state index in [9.17, 15) is 23.9 Å². The molecule has 0 amide bonds. The Morgan fingerprint density at radius 1 is 1.16 bits per heavy atom. The number of nitrogen functional groups attached to an aromatic ring is 2. The standard InChI is InChI=1S/C22H25FN10O10P2/c23-9-8-2-39-44(36)42-15-13(34)12(32-5-28-10-16(24)26-4-27-17(10)32)7-1-22(7,15)3-40-45(37,38)43-14(9)20(41-8)33-6-29-11-18(33)30-21(25)31-19(11)35/h4-9,12-15,20,34,44H,1-3H2,(H,37,38)(H2,24,26,27)(H3,25,30,31,35)/t7-,8-,9-,12-,13+,14-,15+,20-,22?/m1/s1. The van der Waals surface area contributed by atoms with E-state index in [2.05, 4.69) is 29.9 Å². The zero-order chi connectivity index (χ0) is 31.4. The molecule has 7 N–H and O–H groups in total. The van der Waals surface area contributed by atoms with Gasteiger partial charge in [-0.1, -0.05) is 0 Å². The molecule has 11 atom stereocenters. The third kappa shape index (κ3) is 4.45. The Labute approximate surface area is 250 Å². The second-order valence-electron chi connectivity index (χ2n) is 11.3. The predicted octanol–water partition coefficient (Wildman–Crippen LogP) is -0.411. The Balaban J connectivity index is 1.12. The summed E-state index contributed by atoms with van der Waals surface area (Å²) in [6.45, 7) is -1.12. The maximum Gasteiger partial charge on any atom is 0.472 e. The molecule has 4 aromatic rings. The first-order chi connectivity index (χ1) is 21.5. The van der Waals surface area contributed by atoms with Gasteiger partial charge in [0.05, 0.1) is 31.9 Å². The molecule has 6 heterocycles. The number of phosphoric ester groups is 1. The highest BCUT2D eigenvalue weighted by Gasteiger charge is 2.73. The zero-order valence-electron chi connectivity index (χ0n) is 22.7. The lowest BCUT2D eigenvalue weighted by atomic mass is 10.0. The lowest BCUT2D eigenvalue weighted by molar-refractivity contribution is -0.0580. The van der Waals surface area contributed by atoms with Crippen molar-refractivity contribution in [3.8, 4) is 0 Å². The van der Waals surface area contributed by atoms with Crippen LogP contribution in [-0.2, 0) is 32.0 Å². The van der Waals surface area contributed by atoms with Crippen molar-refractivity contribution in [1.82, 2.24) is 39.0 Å². The number of rotatable bonds is 2. The number of nitrogens with one attached hydrogen (secondary N) is 1. The number of ether oxygens (including phenoxy) is 1. The number of hydrogen-bond donors (Lipinski definition) is 5. The summed E-state index contributed by atoms with van der Waals surface area (Å²) >= 11 is 0.